The second-order valence-corrected chi connectivity index (χ2v) is 6.68. The molecule has 1 aromatic carbocycles. The molecule has 0 bridgehead atoms. The molecule has 4 rings (SSSR count). The number of nitrogens with zero attached hydrogens (tertiary/aromatic N) is 5. The first kappa shape index (κ1) is 16.9. The van der Waals surface area contributed by atoms with Crippen molar-refractivity contribution in [2.45, 2.75) is 18.9 Å². The maximum Gasteiger partial charge on any atom is 0.182 e. The summed E-state index contributed by atoms with van der Waals surface area (Å²) >= 11 is 0. The van der Waals surface area contributed by atoms with Crippen LogP contribution in [0.4, 0.5) is 5.82 Å². The molecule has 0 amide bonds. The van der Waals surface area contributed by atoms with E-state index in [1.54, 1.807) is 12.7 Å². The van der Waals surface area contributed by atoms with Crippen molar-refractivity contribution in [3.63, 3.8) is 0 Å². The lowest BCUT2D eigenvalue weighted by Gasteiger charge is -2.42. The molecule has 1 unspecified atom stereocenters. The standard InChI is InChI=1S/C19H24N6O/c26-11-7-16-12-25(19-17-18(21-13-20-17)22-14-23-19)10-9-24(16)8-6-15-4-2-1-3-5-15/h1-5,13-14,16,26H,6-12H2,(H,20,21,22,23). The Hall–Kier alpha value is -2.51. The van der Waals surface area contributed by atoms with Crippen LogP contribution in [0.15, 0.2) is 43.0 Å². The average Bonchev–Trinajstić information content (AvgIpc) is 3.17. The van der Waals surface area contributed by atoms with Crippen LogP contribution in [0.25, 0.3) is 11.2 Å². The van der Waals surface area contributed by atoms with Gasteiger partial charge in [0.15, 0.2) is 11.5 Å². The number of aliphatic hydroxyl groups excluding tert-OH is 1. The minimum atomic E-state index is 0.198. The molecule has 0 radical (unpaired) electrons. The molecule has 26 heavy (non-hydrogen) atoms. The van der Waals surface area contributed by atoms with Gasteiger partial charge in [0.25, 0.3) is 0 Å². The van der Waals surface area contributed by atoms with Crippen LogP contribution in [0, 0.1) is 0 Å². The number of H-pyrrole nitrogens is 1. The Kier molecular flexibility index (Phi) is 5.08. The van der Waals surface area contributed by atoms with Gasteiger partial charge in [0, 0.05) is 38.8 Å². The fraction of sp³-hybridized carbons (Fsp3) is 0.421. The van der Waals surface area contributed by atoms with E-state index in [0.717, 1.165) is 50.4 Å². The Morgan fingerprint density at radius 2 is 2.00 bits per heavy atom. The lowest BCUT2D eigenvalue weighted by molar-refractivity contribution is 0.143. The van der Waals surface area contributed by atoms with E-state index < -0.39 is 0 Å². The molecular formula is C19H24N6O. The molecule has 1 aliphatic heterocycles. The van der Waals surface area contributed by atoms with Gasteiger partial charge in [-0.1, -0.05) is 30.3 Å². The van der Waals surface area contributed by atoms with Crippen molar-refractivity contribution in [2.24, 2.45) is 0 Å². The number of rotatable bonds is 6. The van der Waals surface area contributed by atoms with Crippen molar-refractivity contribution < 1.29 is 5.11 Å². The molecule has 0 aliphatic carbocycles. The summed E-state index contributed by atoms with van der Waals surface area (Å²) in [5.41, 5.74) is 2.93. The molecule has 2 aromatic heterocycles. The Morgan fingerprint density at radius 3 is 2.85 bits per heavy atom. The number of nitrogens with one attached hydrogen (secondary N) is 1. The second-order valence-electron chi connectivity index (χ2n) is 6.68. The van der Waals surface area contributed by atoms with Gasteiger partial charge in [-0.2, -0.15) is 0 Å². The van der Waals surface area contributed by atoms with Gasteiger partial charge in [-0.15, -0.1) is 0 Å². The number of aromatic amines is 1. The topological polar surface area (TPSA) is 81.2 Å². The molecule has 1 fully saturated rings. The predicted molar refractivity (Wildman–Crippen MR) is 101 cm³/mol. The number of hydrogen-bond acceptors (Lipinski definition) is 6. The van der Waals surface area contributed by atoms with E-state index in [2.05, 4.69) is 60.1 Å². The zero-order valence-electron chi connectivity index (χ0n) is 14.8. The third-order valence-corrected chi connectivity index (χ3v) is 5.10. The van der Waals surface area contributed by atoms with Gasteiger partial charge in [-0.05, 0) is 18.4 Å². The van der Waals surface area contributed by atoms with E-state index in [1.807, 2.05) is 0 Å². The summed E-state index contributed by atoms with van der Waals surface area (Å²) < 4.78 is 0. The monoisotopic (exact) mass is 352 g/mol. The molecule has 2 N–H and O–H groups in total. The maximum atomic E-state index is 9.53. The first-order valence-corrected chi connectivity index (χ1v) is 9.13. The summed E-state index contributed by atoms with van der Waals surface area (Å²) in [4.78, 5) is 20.8. The molecule has 3 heterocycles. The van der Waals surface area contributed by atoms with Gasteiger partial charge >= 0.3 is 0 Å². The Bertz CT molecular complexity index is 836. The van der Waals surface area contributed by atoms with Crippen LogP contribution in [-0.4, -0.2) is 68.8 Å². The molecular weight excluding hydrogens is 328 g/mol. The summed E-state index contributed by atoms with van der Waals surface area (Å²) in [5.74, 6) is 0.901. The second kappa shape index (κ2) is 7.80. The van der Waals surface area contributed by atoms with Crippen LogP contribution < -0.4 is 4.90 Å². The van der Waals surface area contributed by atoms with E-state index in [9.17, 15) is 5.11 Å². The maximum absolute atomic E-state index is 9.53. The summed E-state index contributed by atoms with van der Waals surface area (Å²) in [6.45, 7) is 3.91. The molecule has 7 nitrogen and oxygen atoms in total. The minimum Gasteiger partial charge on any atom is -0.396 e. The minimum absolute atomic E-state index is 0.198. The number of benzene rings is 1. The molecule has 1 saturated heterocycles. The van der Waals surface area contributed by atoms with Crippen LogP contribution in [-0.2, 0) is 6.42 Å². The van der Waals surface area contributed by atoms with Crippen LogP contribution in [0.3, 0.4) is 0 Å². The third-order valence-electron chi connectivity index (χ3n) is 5.10. The first-order valence-electron chi connectivity index (χ1n) is 9.13. The van der Waals surface area contributed by atoms with Crippen LogP contribution in [0.5, 0.6) is 0 Å². The zero-order valence-corrected chi connectivity index (χ0v) is 14.8. The van der Waals surface area contributed by atoms with Crippen molar-refractivity contribution in [1.29, 1.82) is 0 Å². The van der Waals surface area contributed by atoms with Crippen LogP contribution in [0.1, 0.15) is 12.0 Å². The van der Waals surface area contributed by atoms with Gasteiger partial charge < -0.3 is 15.0 Å². The van der Waals surface area contributed by atoms with E-state index in [-0.39, 0.29) is 6.61 Å². The van der Waals surface area contributed by atoms with E-state index in [1.165, 1.54) is 5.56 Å². The lowest BCUT2D eigenvalue weighted by Crippen LogP contribution is -2.54. The molecule has 0 saturated carbocycles. The molecule has 1 atom stereocenters. The highest BCUT2D eigenvalue weighted by atomic mass is 16.3. The smallest absolute Gasteiger partial charge is 0.182 e. The Morgan fingerprint density at radius 1 is 1.12 bits per heavy atom. The third kappa shape index (κ3) is 3.54. The average molecular weight is 352 g/mol. The van der Waals surface area contributed by atoms with Crippen molar-refractivity contribution >= 4 is 17.0 Å². The fourth-order valence-electron chi connectivity index (χ4n) is 3.71. The highest BCUT2D eigenvalue weighted by Crippen LogP contribution is 2.24. The quantitative estimate of drug-likeness (QED) is 0.699. The SMILES string of the molecule is OCCC1CN(c2ncnc3nc[nH]c23)CCN1CCc1ccccc1. The highest BCUT2D eigenvalue weighted by Gasteiger charge is 2.28. The number of piperazine rings is 1. The molecule has 0 spiro atoms. The summed E-state index contributed by atoms with van der Waals surface area (Å²) in [6.07, 6.45) is 5.02. The van der Waals surface area contributed by atoms with E-state index >= 15 is 0 Å². The van der Waals surface area contributed by atoms with E-state index in [0.29, 0.717) is 11.7 Å². The largest absolute Gasteiger partial charge is 0.396 e. The molecule has 3 aromatic rings. The number of imidazole rings is 1. The summed E-state index contributed by atoms with van der Waals surface area (Å²) in [5, 5.41) is 9.53. The van der Waals surface area contributed by atoms with Gasteiger partial charge in [0.05, 0.1) is 6.33 Å². The van der Waals surface area contributed by atoms with Crippen molar-refractivity contribution in [1.82, 2.24) is 24.8 Å². The zero-order chi connectivity index (χ0) is 17.8. The van der Waals surface area contributed by atoms with Crippen molar-refractivity contribution in [3.05, 3.63) is 48.5 Å². The summed E-state index contributed by atoms with van der Waals surface area (Å²) in [6, 6.07) is 10.9. The van der Waals surface area contributed by atoms with Gasteiger partial charge in [-0.3, -0.25) is 4.90 Å². The molecule has 7 heteroatoms. The van der Waals surface area contributed by atoms with Crippen LogP contribution in [0.2, 0.25) is 0 Å². The van der Waals surface area contributed by atoms with Crippen LogP contribution >= 0.6 is 0 Å². The summed E-state index contributed by atoms with van der Waals surface area (Å²) in [7, 11) is 0. The van der Waals surface area contributed by atoms with Gasteiger partial charge in [0.1, 0.15) is 11.8 Å². The number of aromatic nitrogens is 4. The molecule has 136 valence electrons. The van der Waals surface area contributed by atoms with Gasteiger partial charge in [0.2, 0.25) is 0 Å². The number of fused-ring (bicyclic) bond motifs is 1. The number of anilines is 1. The number of aliphatic hydroxyl groups is 1. The first-order chi connectivity index (χ1) is 12.8. The van der Waals surface area contributed by atoms with Gasteiger partial charge in [-0.25, -0.2) is 15.0 Å². The Labute approximate surface area is 152 Å². The Balaban J connectivity index is 1.47. The fourth-order valence-corrected chi connectivity index (χ4v) is 3.71. The highest BCUT2D eigenvalue weighted by molar-refractivity contribution is 5.82. The van der Waals surface area contributed by atoms with Crippen molar-refractivity contribution in [2.75, 3.05) is 37.7 Å². The predicted octanol–water partition coefficient (Wildman–Crippen LogP) is 1.47. The lowest BCUT2D eigenvalue weighted by atomic mass is 10.1. The molecule has 1 aliphatic rings. The number of hydrogen-bond donors (Lipinski definition) is 2. The van der Waals surface area contributed by atoms with Crippen molar-refractivity contribution in [3.8, 4) is 0 Å². The van der Waals surface area contributed by atoms with E-state index in [4.69, 9.17) is 0 Å². The normalized spacial score (nSPS) is 18.5.